The standard InChI is InChI=1S/C31H26O4.C25H18O2/c1-3-7-29-27(5-1)28-6-2-4-8-30(28)31(29,21-9-13-23(14-10-21)32-17-25-19-34-25)22-11-15-24(16-12-22)33-18-26-20-35-26;26-19-13-9-17(10-14-19)25(18-11-15-20(27)16-12-18)23-7-3-1-5-21(23)22-6-2-4-8-24(22)25/h1-16,25-26H,17-20H2;1-16,26-27H. The Balaban J connectivity index is 0.000000144. The van der Waals surface area contributed by atoms with Crippen LogP contribution in [0.4, 0.5) is 0 Å². The lowest BCUT2D eigenvalue weighted by molar-refractivity contribution is 0.263. The largest absolute Gasteiger partial charge is 0.508 e. The van der Waals surface area contributed by atoms with Crippen LogP contribution in [-0.4, -0.2) is 48.8 Å². The van der Waals surface area contributed by atoms with Crippen molar-refractivity contribution < 1.29 is 29.2 Å². The fraction of sp³-hybridized carbons (Fsp3) is 0.143. The minimum Gasteiger partial charge on any atom is -0.508 e. The number of aromatic hydroxyl groups is 2. The summed E-state index contributed by atoms with van der Waals surface area (Å²) in [5.74, 6) is 2.23. The molecule has 2 saturated heterocycles. The summed E-state index contributed by atoms with van der Waals surface area (Å²) in [6.45, 7) is 2.79. The number of ether oxygens (including phenoxy) is 4. The van der Waals surface area contributed by atoms with Crippen molar-refractivity contribution in [3.63, 3.8) is 0 Å². The molecule has 0 saturated carbocycles. The third-order valence-corrected chi connectivity index (χ3v) is 12.8. The molecule has 6 heteroatoms. The maximum absolute atomic E-state index is 9.85. The molecule has 6 nitrogen and oxygen atoms in total. The van der Waals surface area contributed by atoms with Crippen molar-refractivity contribution in [3.05, 3.63) is 239 Å². The molecule has 0 amide bonds. The first-order chi connectivity index (χ1) is 30.5. The van der Waals surface area contributed by atoms with Gasteiger partial charge in [0.15, 0.2) is 0 Å². The Bertz CT molecular complexity index is 2680. The van der Waals surface area contributed by atoms with Crippen LogP contribution in [0.15, 0.2) is 194 Å². The zero-order valence-electron chi connectivity index (χ0n) is 34.0. The quantitative estimate of drug-likeness (QED) is 0.134. The summed E-state index contributed by atoms with van der Waals surface area (Å²) in [6.07, 6.45) is 0.476. The molecule has 0 bridgehead atoms. The van der Waals surface area contributed by atoms with Crippen molar-refractivity contribution in [2.24, 2.45) is 0 Å². The monoisotopic (exact) mass is 812 g/mol. The van der Waals surface area contributed by atoms with Crippen LogP contribution in [0.1, 0.15) is 44.5 Å². The number of hydrogen-bond acceptors (Lipinski definition) is 6. The number of fused-ring (bicyclic) bond motifs is 6. The van der Waals surface area contributed by atoms with Gasteiger partial charge in [0.05, 0.1) is 24.0 Å². The molecule has 2 heterocycles. The molecule has 304 valence electrons. The maximum atomic E-state index is 9.85. The van der Waals surface area contributed by atoms with Gasteiger partial charge in [0.1, 0.15) is 48.4 Å². The topological polar surface area (TPSA) is 84.0 Å². The second kappa shape index (κ2) is 15.4. The highest BCUT2D eigenvalue weighted by Crippen LogP contribution is 2.57. The van der Waals surface area contributed by atoms with E-state index in [9.17, 15) is 10.2 Å². The van der Waals surface area contributed by atoms with E-state index in [2.05, 4.69) is 146 Å². The van der Waals surface area contributed by atoms with E-state index in [-0.39, 0.29) is 23.7 Å². The van der Waals surface area contributed by atoms with Gasteiger partial charge in [0.2, 0.25) is 0 Å². The Morgan fingerprint density at radius 3 is 0.903 bits per heavy atom. The smallest absolute Gasteiger partial charge is 0.119 e. The molecule has 0 radical (unpaired) electrons. The van der Waals surface area contributed by atoms with Crippen molar-refractivity contribution in [2.45, 2.75) is 23.0 Å². The first-order valence-corrected chi connectivity index (χ1v) is 21.2. The summed E-state index contributed by atoms with van der Waals surface area (Å²) in [7, 11) is 0. The molecule has 8 aromatic carbocycles. The zero-order chi connectivity index (χ0) is 41.7. The number of epoxide rings is 2. The van der Waals surface area contributed by atoms with E-state index in [1.54, 1.807) is 24.3 Å². The van der Waals surface area contributed by atoms with Gasteiger partial charge >= 0.3 is 0 Å². The predicted octanol–water partition coefficient (Wildman–Crippen LogP) is 11.1. The number of hydrogen-bond donors (Lipinski definition) is 2. The van der Waals surface area contributed by atoms with E-state index in [4.69, 9.17) is 18.9 Å². The molecule has 4 aliphatic rings. The lowest BCUT2D eigenvalue weighted by Gasteiger charge is -2.34. The van der Waals surface area contributed by atoms with Gasteiger partial charge in [-0.1, -0.05) is 146 Å². The van der Waals surface area contributed by atoms with Crippen LogP contribution in [-0.2, 0) is 20.3 Å². The van der Waals surface area contributed by atoms with E-state index in [0.29, 0.717) is 13.2 Å². The molecule has 0 aromatic heterocycles. The summed E-state index contributed by atoms with van der Waals surface area (Å²) >= 11 is 0. The Morgan fingerprint density at radius 1 is 0.371 bits per heavy atom. The van der Waals surface area contributed by atoms with E-state index >= 15 is 0 Å². The Hall–Kier alpha value is -7.12. The van der Waals surface area contributed by atoms with Crippen molar-refractivity contribution >= 4 is 0 Å². The Kier molecular flexibility index (Phi) is 9.41. The molecule has 2 unspecified atom stereocenters. The van der Waals surface area contributed by atoms with Crippen LogP contribution in [0, 0.1) is 0 Å². The van der Waals surface area contributed by atoms with Crippen LogP contribution in [0.3, 0.4) is 0 Å². The number of phenols is 2. The van der Waals surface area contributed by atoms with E-state index in [1.165, 1.54) is 55.6 Å². The zero-order valence-corrected chi connectivity index (χ0v) is 34.0. The van der Waals surface area contributed by atoms with Gasteiger partial charge in [-0.2, -0.15) is 0 Å². The molecular weight excluding hydrogens is 769 g/mol. The lowest BCUT2D eigenvalue weighted by Crippen LogP contribution is -2.28. The maximum Gasteiger partial charge on any atom is 0.119 e. The van der Waals surface area contributed by atoms with Gasteiger partial charge in [-0.15, -0.1) is 0 Å². The molecule has 2 N–H and O–H groups in total. The summed E-state index contributed by atoms with van der Waals surface area (Å²) in [5, 5.41) is 19.7. The summed E-state index contributed by atoms with van der Waals surface area (Å²) < 4.78 is 22.5. The molecule has 0 spiro atoms. The summed E-state index contributed by atoms with van der Waals surface area (Å²) in [6, 6.07) is 66.5. The van der Waals surface area contributed by atoms with Gasteiger partial charge < -0.3 is 29.2 Å². The van der Waals surface area contributed by atoms with Gasteiger partial charge in [-0.25, -0.2) is 0 Å². The van der Waals surface area contributed by atoms with Crippen molar-refractivity contribution in [1.82, 2.24) is 0 Å². The molecule has 2 fully saturated rings. The predicted molar refractivity (Wildman–Crippen MR) is 241 cm³/mol. The van der Waals surface area contributed by atoms with Crippen molar-refractivity contribution in [1.29, 1.82) is 0 Å². The highest BCUT2D eigenvalue weighted by molar-refractivity contribution is 5.87. The van der Waals surface area contributed by atoms with Gasteiger partial charge in [-0.05, 0) is 115 Å². The molecule has 2 aliphatic carbocycles. The molecule has 2 atom stereocenters. The second-order valence-corrected chi connectivity index (χ2v) is 16.4. The average Bonchev–Trinajstić information content (AvgIpc) is 4.28. The first-order valence-electron chi connectivity index (χ1n) is 21.2. The van der Waals surface area contributed by atoms with E-state index in [0.717, 1.165) is 35.8 Å². The molecule has 62 heavy (non-hydrogen) atoms. The van der Waals surface area contributed by atoms with Crippen LogP contribution >= 0.6 is 0 Å². The molecular formula is C56H44O6. The van der Waals surface area contributed by atoms with Crippen LogP contribution in [0.5, 0.6) is 23.0 Å². The normalized spacial score (nSPS) is 17.6. The number of phenolic OH excluding ortho intramolecular Hbond substituents is 2. The third kappa shape index (κ3) is 6.42. The Morgan fingerprint density at radius 2 is 0.629 bits per heavy atom. The lowest BCUT2D eigenvalue weighted by atomic mass is 9.68. The fourth-order valence-electron chi connectivity index (χ4n) is 9.78. The van der Waals surface area contributed by atoms with Gasteiger partial charge in [0.25, 0.3) is 0 Å². The highest BCUT2D eigenvalue weighted by atomic mass is 16.6. The van der Waals surface area contributed by atoms with E-state index < -0.39 is 10.8 Å². The molecule has 2 aliphatic heterocycles. The van der Waals surface area contributed by atoms with Crippen molar-refractivity contribution in [2.75, 3.05) is 26.4 Å². The van der Waals surface area contributed by atoms with E-state index in [1.807, 2.05) is 24.3 Å². The first kappa shape index (κ1) is 37.8. The van der Waals surface area contributed by atoms with Crippen LogP contribution < -0.4 is 9.47 Å². The molecule has 12 rings (SSSR count). The minimum absolute atomic E-state index is 0.238. The number of benzene rings is 8. The molecule has 8 aromatic rings. The fourth-order valence-corrected chi connectivity index (χ4v) is 9.78. The SMILES string of the molecule is Oc1ccc(C2(c3ccc(O)cc3)c3ccccc3-c3ccccc32)cc1.c1ccc2c(c1)-c1ccccc1C2(c1ccc(OCC2CO2)cc1)c1ccc(OCC2CO2)cc1. The average molecular weight is 813 g/mol. The summed E-state index contributed by atoms with van der Waals surface area (Å²) in [5.41, 5.74) is 13.7. The second-order valence-electron chi connectivity index (χ2n) is 16.4. The number of rotatable bonds is 10. The van der Waals surface area contributed by atoms with Crippen molar-refractivity contribution in [3.8, 4) is 45.3 Å². The van der Waals surface area contributed by atoms with Crippen LogP contribution in [0.25, 0.3) is 22.3 Å². The van der Waals surface area contributed by atoms with Gasteiger partial charge in [0, 0.05) is 0 Å². The Labute approximate surface area is 361 Å². The van der Waals surface area contributed by atoms with Gasteiger partial charge in [-0.3, -0.25) is 0 Å². The third-order valence-electron chi connectivity index (χ3n) is 12.8. The summed E-state index contributed by atoms with van der Waals surface area (Å²) in [4.78, 5) is 0. The van der Waals surface area contributed by atoms with Crippen LogP contribution in [0.2, 0.25) is 0 Å². The minimum atomic E-state index is -0.491. The highest BCUT2D eigenvalue weighted by Gasteiger charge is 2.47.